The summed E-state index contributed by atoms with van der Waals surface area (Å²) in [7, 11) is -3.58. The van der Waals surface area contributed by atoms with Crippen molar-refractivity contribution in [3.8, 4) is 0 Å². The van der Waals surface area contributed by atoms with Gasteiger partial charge in [0.2, 0.25) is 10.0 Å². The zero-order chi connectivity index (χ0) is 14.4. The van der Waals surface area contributed by atoms with E-state index < -0.39 is 15.8 Å². The summed E-state index contributed by atoms with van der Waals surface area (Å²) in [5.74, 6) is -0.555. The van der Waals surface area contributed by atoms with Crippen LogP contribution in [0, 0.1) is 18.2 Å². The molecule has 1 saturated heterocycles. The van der Waals surface area contributed by atoms with E-state index >= 15 is 0 Å². The summed E-state index contributed by atoms with van der Waals surface area (Å²) in [6.45, 7) is 6.55. The van der Waals surface area contributed by atoms with Gasteiger partial charge in [-0.05, 0) is 36.5 Å². The Bertz CT molecular complexity index is 588. The van der Waals surface area contributed by atoms with E-state index in [1.54, 1.807) is 0 Å². The summed E-state index contributed by atoms with van der Waals surface area (Å²) in [4.78, 5) is 0.0709. The molecule has 1 aliphatic heterocycles. The molecule has 0 amide bonds. The summed E-state index contributed by atoms with van der Waals surface area (Å²) in [5.41, 5.74) is 5.61. The molecule has 0 spiro atoms. The van der Waals surface area contributed by atoms with Crippen LogP contribution < -0.4 is 5.73 Å². The fraction of sp³-hybridized carbons (Fsp3) is 0.538. The van der Waals surface area contributed by atoms with E-state index in [1.807, 2.05) is 13.8 Å². The van der Waals surface area contributed by atoms with Gasteiger partial charge < -0.3 is 5.73 Å². The van der Waals surface area contributed by atoms with E-state index in [-0.39, 0.29) is 21.6 Å². The number of nitrogen functional groups attached to an aromatic ring is 1. The van der Waals surface area contributed by atoms with Gasteiger partial charge in [0.15, 0.2) is 0 Å². The van der Waals surface area contributed by atoms with Crippen molar-refractivity contribution in [3.63, 3.8) is 0 Å². The van der Waals surface area contributed by atoms with Gasteiger partial charge in [-0.3, -0.25) is 0 Å². The second-order valence-corrected chi connectivity index (χ2v) is 7.83. The molecule has 2 N–H and O–H groups in total. The molecule has 0 bridgehead atoms. The predicted molar refractivity (Wildman–Crippen MR) is 72.7 cm³/mol. The molecule has 1 aliphatic rings. The number of anilines is 1. The number of halogens is 1. The lowest BCUT2D eigenvalue weighted by Crippen LogP contribution is -2.30. The first-order chi connectivity index (χ1) is 8.63. The van der Waals surface area contributed by atoms with Gasteiger partial charge in [0, 0.05) is 13.1 Å². The first kappa shape index (κ1) is 14.3. The highest BCUT2D eigenvalue weighted by molar-refractivity contribution is 7.89. The van der Waals surface area contributed by atoms with Crippen LogP contribution >= 0.6 is 0 Å². The van der Waals surface area contributed by atoms with Crippen molar-refractivity contribution < 1.29 is 12.8 Å². The Kier molecular flexibility index (Phi) is 3.35. The van der Waals surface area contributed by atoms with Crippen molar-refractivity contribution in [2.24, 2.45) is 5.41 Å². The van der Waals surface area contributed by atoms with Crippen molar-refractivity contribution in [3.05, 3.63) is 23.5 Å². The third kappa shape index (κ3) is 2.60. The summed E-state index contributed by atoms with van der Waals surface area (Å²) in [6.07, 6.45) is 0.821. The van der Waals surface area contributed by atoms with E-state index in [0.717, 1.165) is 6.42 Å². The van der Waals surface area contributed by atoms with Crippen LogP contribution in [0.5, 0.6) is 0 Å². The average Bonchev–Trinajstić information content (AvgIpc) is 2.66. The summed E-state index contributed by atoms with van der Waals surface area (Å²) < 4.78 is 39.9. The Morgan fingerprint density at radius 3 is 2.47 bits per heavy atom. The van der Waals surface area contributed by atoms with Crippen molar-refractivity contribution in [1.29, 1.82) is 0 Å². The SMILES string of the molecule is Cc1cc(S(=O)(=O)N2CCC(C)(C)C2)cc(N)c1F. The van der Waals surface area contributed by atoms with E-state index in [2.05, 4.69) is 0 Å². The zero-order valence-corrected chi connectivity index (χ0v) is 12.2. The molecule has 0 unspecified atom stereocenters. The van der Waals surface area contributed by atoms with Crippen molar-refractivity contribution in [1.82, 2.24) is 4.31 Å². The van der Waals surface area contributed by atoms with Gasteiger partial charge in [-0.1, -0.05) is 13.8 Å². The van der Waals surface area contributed by atoms with E-state index in [9.17, 15) is 12.8 Å². The molecule has 0 atom stereocenters. The highest BCUT2D eigenvalue weighted by Gasteiger charge is 2.37. The summed E-state index contributed by atoms with van der Waals surface area (Å²) in [6, 6.07) is 2.54. The van der Waals surface area contributed by atoms with Crippen LogP contribution in [-0.2, 0) is 10.0 Å². The lowest BCUT2D eigenvalue weighted by molar-refractivity contribution is 0.375. The molecule has 106 valence electrons. The van der Waals surface area contributed by atoms with Gasteiger partial charge in [-0.2, -0.15) is 4.31 Å². The van der Waals surface area contributed by atoms with Gasteiger partial charge in [0.1, 0.15) is 5.82 Å². The Hall–Kier alpha value is -1.14. The number of hydrogen-bond donors (Lipinski definition) is 1. The molecule has 6 heteroatoms. The Labute approximate surface area is 113 Å². The first-order valence-corrected chi connectivity index (χ1v) is 7.63. The van der Waals surface area contributed by atoms with Gasteiger partial charge in [0.05, 0.1) is 10.6 Å². The predicted octanol–water partition coefficient (Wildman–Crippen LogP) is 2.14. The molecule has 1 fully saturated rings. The number of aryl methyl sites for hydroxylation is 1. The number of sulfonamides is 1. The largest absolute Gasteiger partial charge is 0.396 e. The monoisotopic (exact) mass is 286 g/mol. The number of nitrogens with two attached hydrogens (primary N) is 1. The highest BCUT2D eigenvalue weighted by atomic mass is 32.2. The zero-order valence-electron chi connectivity index (χ0n) is 11.4. The van der Waals surface area contributed by atoms with Crippen LogP contribution in [0.3, 0.4) is 0 Å². The topological polar surface area (TPSA) is 63.4 Å². The van der Waals surface area contributed by atoms with Gasteiger partial charge >= 0.3 is 0 Å². The summed E-state index contributed by atoms with van der Waals surface area (Å²) in [5, 5.41) is 0. The lowest BCUT2D eigenvalue weighted by Gasteiger charge is -2.20. The molecular formula is C13H19FN2O2S. The Balaban J connectivity index is 2.41. The van der Waals surface area contributed by atoms with Crippen LogP contribution in [0.1, 0.15) is 25.8 Å². The molecule has 0 aliphatic carbocycles. The normalized spacial score (nSPS) is 19.8. The Morgan fingerprint density at radius 2 is 2.00 bits per heavy atom. The number of rotatable bonds is 2. The van der Waals surface area contributed by atoms with E-state index in [1.165, 1.54) is 23.4 Å². The number of hydrogen-bond acceptors (Lipinski definition) is 3. The molecule has 19 heavy (non-hydrogen) atoms. The van der Waals surface area contributed by atoms with Gasteiger partial charge in [0.25, 0.3) is 0 Å². The summed E-state index contributed by atoms with van der Waals surface area (Å²) >= 11 is 0. The van der Waals surface area contributed by atoms with E-state index in [0.29, 0.717) is 13.1 Å². The quantitative estimate of drug-likeness (QED) is 0.847. The molecule has 2 rings (SSSR count). The minimum atomic E-state index is -3.58. The standard InChI is InChI=1S/C13H19FN2O2S/c1-9-6-10(7-11(15)12(9)14)19(17,18)16-5-4-13(2,3)8-16/h6-7H,4-5,8,15H2,1-3H3. The van der Waals surface area contributed by atoms with Crippen LogP contribution in [0.4, 0.5) is 10.1 Å². The van der Waals surface area contributed by atoms with Crippen LogP contribution in [0.25, 0.3) is 0 Å². The van der Waals surface area contributed by atoms with Crippen molar-refractivity contribution in [2.75, 3.05) is 18.8 Å². The fourth-order valence-corrected chi connectivity index (χ4v) is 4.08. The van der Waals surface area contributed by atoms with E-state index in [4.69, 9.17) is 5.73 Å². The minimum Gasteiger partial charge on any atom is -0.396 e. The molecule has 0 saturated carbocycles. The molecule has 0 radical (unpaired) electrons. The maximum absolute atomic E-state index is 13.5. The Morgan fingerprint density at radius 1 is 1.37 bits per heavy atom. The van der Waals surface area contributed by atoms with Crippen LogP contribution in [-0.4, -0.2) is 25.8 Å². The molecule has 1 heterocycles. The third-order valence-corrected chi connectivity index (χ3v) is 5.36. The first-order valence-electron chi connectivity index (χ1n) is 6.19. The van der Waals surface area contributed by atoms with Crippen molar-refractivity contribution >= 4 is 15.7 Å². The van der Waals surface area contributed by atoms with Crippen LogP contribution in [0.15, 0.2) is 17.0 Å². The third-order valence-electron chi connectivity index (χ3n) is 3.54. The molecule has 4 nitrogen and oxygen atoms in total. The lowest BCUT2D eigenvalue weighted by atomic mass is 9.93. The smallest absolute Gasteiger partial charge is 0.243 e. The number of benzene rings is 1. The molecule has 1 aromatic carbocycles. The second-order valence-electron chi connectivity index (χ2n) is 5.90. The highest BCUT2D eigenvalue weighted by Crippen LogP contribution is 2.33. The molecule has 1 aromatic rings. The average molecular weight is 286 g/mol. The maximum Gasteiger partial charge on any atom is 0.243 e. The van der Waals surface area contributed by atoms with Gasteiger partial charge in [-0.25, -0.2) is 12.8 Å². The number of nitrogens with zero attached hydrogens (tertiary/aromatic N) is 1. The van der Waals surface area contributed by atoms with Gasteiger partial charge in [-0.15, -0.1) is 0 Å². The fourth-order valence-electron chi connectivity index (χ4n) is 2.33. The van der Waals surface area contributed by atoms with Crippen LogP contribution in [0.2, 0.25) is 0 Å². The molecule has 0 aromatic heterocycles. The van der Waals surface area contributed by atoms with Crippen molar-refractivity contribution in [2.45, 2.75) is 32.1 Å². The minimum absolute atomic E-state index is 0.0201. The second kappa shape index (κ2) is 4.45. The molecular weight excluding hydrogens is 267 g/mol. The maximum atomic E-state index is 13.5.